The maximum atomic E-state index is 13.1. The number of hydrogen-bond donors (Lipinski definition) is 1. The molecule has 0 bridgehead atoms. The highest BCUT2D eigenvalue weighted by Crippen LogP contribution is 2.27. The number of halogens is 2. The van der Waals surface area contributed by atoms with Crippen LogP contribution < -0.4 is 14.8 Å². The van der Waals surface area contributed by atoms with Gasteiger partial charge in [-0.15, -0.1) is 0 Å². The highest BCUT2D eigenvalue weighted by Gasteiger charge is 2.21. The van der Waals surface area contributed by atoms with Crippen molar-refractivity contribution < 1.29 is 23.0 Å². The van der Waals surface area contributed by atoms with E-state index in [0.29, 0.717) is 25.2 Å². The van der Waals surface area contributed by atoms with E-state index in [1.54, 1.807) is 6.07 Å². The Kier molecular flexibility index (Phi) is 8.22. The van der Waals surface area contributed by atoms with E-state index >= 15 is 0 Å². The van der Waals surface area contributed by atoms with Crippen LogP contribution in [0, 0.1) is 11.3 Å². The summed E-state index contributed by atoms with van der Waals surface area (Å²) in [5.74, 6) is 0.486. The van der Waals surface area contributed by atoms with Gasteiger partial charge in [0.25, 0.3) is 12.3 Å². The van der Waals surface area contributed by atoms with Gasteiger partial charge in [0.1, 0.15) is 18.1 Å². The molecule has 0 radical (unpaired) electrons. The van der Waals surface area contributed by atoms with E-state index in [2.05, 4.69) is 5.32 Å². The Bertz CT molecular complexity index is 807. The van der Waals surface area contributed by atoms with Crippen molar-refractivity contribution in [1.82, 2.24) is 5.32 Å². The van der Waals surface area contributed by atoms with Crippen molar-refractivity contribution in [1.29, 1.82) is 5.26 Å². The summed E-state index contributed by atoms with van der Waals surface area (Å²) in [6.07, 6.45) is -2.52. The molecule has 28 heavy (non-hydrogen) atoms. The highest BCUT2D eigenvalue weighted by molar-refractivity contribution is 5.81. The van der Waals surface area contributed by atoms with Gasteiger partial charge in [0, 0.05) is 5.56 Å². The molecule has 0 fully saturated rings. The molecule has 0 aromatic heterocycles. The first kappa shape index (κ1) is 21.2. The summed E-state index contributed by atoms with van der Waals surface area (Å²) in [4.78, 5) is 12.4. The standard InChI is InChI=1S/C21H22F2N2O3/c1-2-6-19(21(26)25-11-12-27-16-7-4-3-5-8-16)28-17-10-9-15(14-24)18(13-17)20(22)23/h3-5,7-10,13,19-20H,2,6,11-12H2,1H3,(H,25,26). The molecule has 0 aliphatic heterocycles. The molecule has 2 aromatic carbocycles. The van der Waals surface area contributed by atoms with Gasteiger partial charge in [-0.2, -0.15) is 5.26 Å². The average molecular weight is 388 g/mol. The zero-order valence-electron chi connectivity index (χ0n) is 15.5. The number of rotatable bonds is 10. The smallest absolute Gasteiger partial charge is 0.265 e. The van der Waals surface area contributed by atoms with E-state index in [-0.39, 0.29) is 23.8 Å². The molecule has 1 unspecified atom stereocenters. The lowest BCUT2D eigenvalue weighted by Crippen LogP contribution is -2.40. The molecule has 2 rings (SSSR count). The summed E-state index contributed by atoms with van der Waals surface area (Å²) >= 11 is 0. The van der Waals surface area contributed by atoms with E-state index < -0.39 is 18.1 Å². The van der Waals surface area contributed by atoms with Crippen LogP contribution in [0.5, 0.6) is 11.5 Å². The van der Waals surface area contributed by atoms with Crippen LogP contribution >= 0.6 is 0 Å². The third-order valence-corrected chi connectivity index (χ3v) is 3.91. The summed E-state index contributed by atoms with van der Waals surface area (Å²) in [6.45, 7) is 2.47. The van der Waals surface area contributed by atoms with Crippen molar-refractivity contribution in [2.24, 2.45) is 0 Å². The van der Waals surface area contributed by atoms with E-state index in [1.165, 1.54) is 12.1 Å². The van der Waals surface area contributed by atoms with Crippen LogP contribution in [0.25, 0.3) is 0 Å². The predicted molar refractivity (Wildman–Crippen MR) is 100 cm³/mol. The number of nitriles is 1. The number of carbonyl (C=O) groups is 1. The van der Waals surface area contributed by atoms with Crippen LogP contribution in [0.2, 0.25) is 0 Å². The first-order chi connectivity index (χ1) is 13.5. The highest BCUT2D eigenvalue weighted by atomic mass is 19.3. The summed E-state index contributed by atoms with van der Waals surface area (Å²) in [5, 5.41) is 11.6. The largest absolute Gasteiger partial charge is 0.492 e. The third-order valence-electron chi connectivity index (χ3n) is 3.91. The Labute approximate surface area is 162 Å². The average Bonchev–Trinajstić information content (AvgIpc) is 2.71. The Morgan fingerprint density at radius 3 is 2.57 bits per heavy atom. The Morgan fingerprint density at radius 1 is 1.18 bits per heavy atom. The Hall–Kier alpha value is -3.14. The molecule has 0 aliphatic rings. The second-order valence-electron chi connectivity index (χ2n) is 6.01. The lowest BCUT2D eigenvalue weighted by atomic mass is 10.1. The second kappa shape index (κ2) is 10.9. The Balaban J connectivity index is 1.93. The molecule has 1 amide bonds. The van der Waals surface area contributed by atoms with Crippen LogP contribution in [-0.2, 0) is 4.79 Å². The van der Waals surface area contributed by atoms with Gasteiger partial charge in [0.15, 0.2) is 6.10 Å². The van der Waals surface area contributed by atoms with Crippen molar-refractivity contribution in [3.63, 3.8) is 0 Å². The zero-order chi connectivity index (χ0) is 20.4. The molecule has 5 nitrogen and oxygen atoms in total. The van der Waals surface area contributed by atoms with Gasteiger partial charge in [0.2, 0.25) is 0 Å². The zero-order valence-corrected chi connectivity index (χ0v) is 15.5. The van der Waals surface area contributed by atoms with Crippen molar-refractivity contribution in [3.8, 4) is 17.6 Å². The molecule has 148 valence electrons. The number of alkyl halides is 2. The van der Waals surface area contributed by atoms with Crippen molar-refractivity contribution in [3.05, 3.63) is 59.7 Å². The molecule has 0 heterocycles. The molecule has 1 atom stereocenters. The maximum absolute atomic E-state index is 13.1. The normalized spacial score (nSPS) is 11.5. The first-order valence-electron chi connectivity index (χ1n) is 8.99. The molecule has 0 spiro atoms. The second-order valence-corrected chi connectivity index (χ2v) is 6.01. The SMILES string of the molecule is CCCC(Oc1ccc(C#N)c(C(F)F)c1)C(=O)NCCOc1ccccc1. The summed E-state index contributed by atoms with van der Waals surface area (Å²) in [6, 6.07) is 14.7. The van der Waals surface area contributed by atoms with Crippen molar-refractivity contribution >= 4 is 5.91 Å². The summed E-state index contributed by atoms with van der Waals surface area (Å²) in [5.41, 5.74) is -0.524. The van der Waals surface area contributed by atoms with Crippen LogP contribution in [0.15, 0.2) is 48.5 Å². The number of carbonyl (C=O) groups excluding carboxylic acids is 1. The van der Waals surface area contributed by atoms with Gasteiger partial charge < -0.3 is 14.8 Å². The molecule has 0 saturated heterocycles. The van der Waals surface area contributed by atoms with Gasteiger partial charge >= 0.3 is 0 Å². The van der Waals surface area contributed by atoms with E-state index in [1.807, 2.05) is 37.3 Å². The minimum atomic E-state index is -2.80. The molecular formula is C21H22F2N2O3. The van der Waals surface area contributed by atoms with E-state index in [4.69, 9.17) is 14.7 Å². The fourth-order valence-electron chi connectivity index (χ4n) is 2.54. The molecule has 2 aromatic rings. The monoisotopic (exact) mass is 388 g/mol. The third kappa shape index (κ3) is 6.23. The first-order valence-corrected chi connectivity index (χ1v) is 8.99. The van der Waals surface area contributed by atoms with Crippen molar-refractivity contribution in [2.75, 3.05) is 13.2 Å². The fraction of sp³-hybridized carbons (Fsp3) is 0.333. The van der Waals surface area contributed by atoms with E-state index in [0.717, 1.165) is 6.07 Å². The number of nitrogens with one attached hydrogen (secondary N) is 1. The minimum Gasteiger partial charge on any atom is -0.492 e. The van der Waals surface area contributed by atoms with Gasteiger partial charge in [0.05, 0.1) is 18.2 Å². The van der Waals surface area contributed by atoms with Gasteiger partial charge in [-0.05, 0) is 36.8 Å². The van der Waals surface area contributed by atoms with Gasteiger partial charge in [-0.3, -0.25) is 4.79 Å². The quantitative estimate of drug-likeness (QED) is 0.618. The Morgan fingerprint density at radius 2 is 1.93 bits per heavy atom. The summed E-state index contributed by atoms with van der Waals surface area (Å²) in [7, 11) is 0. The number of ether oxygens (including phenoxy) is 2. The van der Waals surface area contributed by atoms with Crippen LogP contribution in [-0.4, -0.2) is 25.2 Å². The van der Waals surface area contributed by atoms with E-state index in [9.17, 15) is 13.6 Å². The number of hydrogen-bond acceptors (Lipinski definition) is 4. The fourth-order valence-corrected chi connectivity index (χ4v) is 2.54. The number of para-hydroxylation sites is 1. The summed E-state index contributed by atoms with van der Waals surface area (Å²) < 4.78 is 37.3. The van der Waals surface area contributed by atoms with Crippen LogP contribution in [0.1, 0.15) is 37.3 Å². The number of amides is 1. The predicted octanol–water partition coefficient (Wildman–Crippen LogP) is 4.24. The lowest BCUT2D eigenvalue weighted by molar-refractivity contribution is -0.128. The molecule has 0 saturated carbocycles. The lowest BCUT2D eigenvalue weighted by Gasteiger charge is -2.19. The van der Waals surface area contributed by atoms with Gasteiger partial charge in [-0.25, -0.2) is 8.78 Å². The number of nitrogens with zero attached hydrogens (tertiary/aromatic N) is 1. The molecule has 1 N–H and O–H groups in total. The van der Waals surface area contributed by atoms with Crippen molar-refractivity contribution in [2.45, 2.75) is 32.3 Å². The topological polar surface area (TPSA) is 71.3 Å². The molecule has 0 aliphatic carbocycles. The van der Waals surface area contributed by atoms with Crippen LogP contribution in [0.3, 0.4) is 0 Å². The molecule has 7 heteroatoms. The molecular weight excluding hydrogens is 366 g/mol. The van der Waals surface area contributed by atoms with Gasteiger partial charge in [-0.1, -0.05) is 31.5 Å². The maximum Gasteiger partial charge on any atom is 0.265 e. The minimum absolute atomic E-state index is 0.114. The van der Waals surface area contributed by atoms with Crippen LogP contribution in [0.4, 0.5) is 8.78 Å². The number of benzene rings is 2.